The van der Waals surface area contributed by atoms with Crippen LogP contribution in [0, 0.1) is 0 Å². The van der Waals surface area contributed by atoms with Crippen molar-refractivity contribution in [2.75, 3.05) is 44.3 Å². The third-order valence-corrected chi connectivity index (χ3v) is 10.8. The Morgan fingerprint density at radius 2 is 1.64 bits per heavy atom. The van der Waals surface area contributed by atoms with E-state index in [9.17, 15) is 45.0 Å². The Labute approximate surface area is 254 Å². The zero-order chi connectivity index (χ0) is 32.2. The molecule has 2 unspecified atom stereocenters. The first-order valence-electron chi connectivity index (χ1n) is 13.6. The predicted molar refractivity (Wildman–Crippen MR) is 148 cm³/mol. The lowest BCUT2D eigenvalue weighted by atomic mass is 9.91. The zero-order valence-electron chi connectivity index (χ0n) is 23.0. The Balaban J connectivity index is 1.47. The van der Waals surface area contributed by atoms with E-state index < -0.39 is 45.7 Å². The highest BCUT2D eigenvalue weighted by molar-refractivity contribution is 7.96. The van der Waals surface area contributed by atoms with E-state index in [1.54, 1.807) is 6.08 Å². The number of ether oxygens (including phenoxy) is 1. The quantitative estimate of drug-likeness (QED) is 0.298. The summed E-state index contributed by atoms with van der Waals surface area (Å²) in [7, 11) is -4.13. The van der Waals surface area contributed by atoms with Crippen LogP contribution in [0.25, 0.3) is 0 Å². The highest BCUT2D eigenvalue weighted by Gasteiger charge is 2.71. The lowest BCUT2D eigenvalue weighted by Crippen LogP contribution is -2.65. The number of allylic oxidation sites excluding steroid dienone is 3. The van der Waals surface area contributed by atoms with Crippen LogP contribution >= 0.6 is 12.2 Å². The SMILES string of the molecule is NC1=CCC(=S)C(S(=O)(=O)N2CCN(c3ncc(C(O)(C(F)(F)F)C(F)(F)F)cn3)[C@@H](CN3C4COCC3CC(O)C4)C2)=C1. The number of sulfonamides is 1. The summed E-state index contributed by atoms with van der Waals surface area (Å²) in [6, 6.07) is -1.14. The molecule has 3 fully saturated rings. The number of aromatic nitrogens is 2. The molecule has 4 heterocycles. The van der Waals surface area contributed by atoms with Gasteiger partial charge in [0.1, 0.15) is 0 Å². The van der Waals surface area contributed by atoms with Gasteiger partial charge in [-0.3, -0.25) is 4.90 Å². The van der Waals surface area contributed by atoms with Gasteiger partial charge >= 0.3 is 12.4 Å². The second kappa shape index (κ2) is 11.7. The molecule has 11 nitrogen and oxygen atoms in total. The number of nitrogens with zero attached hydrogens (tertiary/aromatic N) is 5. The van der Waals surface area contributed by atoms with E-state index in [1.807, 2.05) is 0 Å². The molecular formula is C25H30F6N6O5S2. The summed E-state index contributed by atoms with van der Waals surface area (Å²) in [6.45, 7) is 0.479. The molecule has 244 valence electrons. The first kappa shape index (κ1) is 33.0. The second-order valence-corrected chi connectivity index (χ2v) is 13.6. The van der Waals surface area contributed by atoms with Crippen LogP contribution in [-0.4, -0.2) is 119 Å². The summed E-state index contributed by atoms with van der Waals surface area (Å²) in [5.74, 6) is -0.250. The van der Waals surface area contributed by atoms with Crippen molar-refractivity contribution in [1.82, 2.24) is 19.2 Å². The summed E-state index contributed by atoms with van der Waals surface area (Å²) in [5.41, 5.74) is -0.730. The van der Waals surface area contributed by atoms with Crippen molar-refractivity contribution in [3.05, 3.63) is 40.7 Å². The van der Waals surface area contributed by atoms with E-state index in [0.717, 1.165) is 0 Å². The third kappa shape index (κ3) is 5.94. The number of fused-ring (bicyclic) bond motifs is 2. The van der Waals surface area contributed by atoms with Crippen LogP contribution in [0.1, 0.15) is 24.8 Å². The minimum absolute atomic E-state index is 0.0697. The Hall–Kier alpha value is -2.42. The van der Waals surface area contributed by atoms with Gasteiger partial charge in [0, 0.05) is 73.2 Å². The number of thiocarbonyl (C=S) groups is 1. The molecule has 0 aromatic carbocycles. The average molecular weight is 673 g/mol. The number of piperazine rings is 1. The fourth-order valence-corrected chi connectivity index (χ4v) is 8.15. The first-order valence-corrected chi connectivity index (χ1v) is 15.5. The molecule has 44 heavy (non-hydrogen) atoms. The standard InChI is InChI=1S/C25H30F6N6O5S2/c26-24(27,28)23(39,25(29,30)31)14-8-33-22(34-9-14)36-4-3-35(44(40,41)21-5-15(32)1-2-20(21)43)10-18(36)11-37-16-6-19(38)7-17(37)13-42-12-16/h1,5,8-9,16-19,38-39H,2-4,6-7,10-13,32H2/t16?,17?,18-,19?/m1/s1. The molecule has 5 rings (SSSR count). The largest absolute Gasteiger partial charge is 0.430 e. The van der Waals surface area contributed by atoms with Crippen molar-refractivity contribution < 1.29 is 49.7 Å². The van der Waals surface area contributed by atoms with Gasteiger partial charge in [0.15, 0.2) is 0 Å². The van der Waals surface area contributed by atoms with Crippen LogP contribution < -0.4 is 10.6 Å². The summed E-state index contributed by atoms with van der Waals surface area (Å²) >= 11 is 5.29. The number of morpholine rings is 1. The lowest BCUT2D eigenvalue weighted by molar-refractivity contribution is -0.376. The van der Waals surface area contributed by atoms with Crippen LogP contribution in [0.5, 0.6) is 0 Å². The van der Waals surface area contributed by atoms with Gasteiger partial charge in [0.05, 0.1) is 30.3 Å². The fourth-order valence-electron chi connectivity index (χ4n) is 6.07. The maximum Gasteiger partial charge on any atom is 0.430 e. The summed E-state index contributed by atoms with van der Waals surface area (Å²) in [6.07, 6.45) is -8.40. The number of aliphatic hydroxyl groups is 2. The molecule has 4 N–H and O–H groups in total. The number of anilines is 1. The minimum Gasteiger partial charge on any atom is -0.399 e. The predicted octanol–water partition coefficient (Wildman–Crippen LogP) is 1.33. The van der Waals surface area contributed by atoms with Crippen molar-refractivity contribution >= 4 is 33.1 Å². The number of aliphatic hydroxyl groups excluding tert-OH is 1. The van der Waals surface area contributed by atoms with Crippen molar-refractivity contribution in [2.24, 2.45) is 5.73 Å². The fraction of sp³-hybridized carbons (Fsp3) is 0.640. The molecule has 1 aromatic heterocycles. The van der Waals surface area contributed by atoms with E-state index in [0.29, 0.717) is 26.1 Å². The van der Waals surface area contributed by atoms with Gasteiger partial charge in [-0.2, -0.15) is 30.6 Å². The summed E-state index contributed by atoms with van der Waals surface area (Å²) in [5, 5.41) is 20.0. The number of halogens is 6. The Kier molecular flexibility index (Phi) is 8.80. The number of piperidine rings is 1. The van der Waals surface area contributed by atoms with E-state index in [-0.39, 0.29) is 78.5 Å². The van der Waals surface area contributed by atoms with E-state index in [4.69, 9.17) is 22.7 Å². The number of alkyl halides is 6. The molecule has 3 atom stereocenters. The molecule has 0 radical (unpaired) electrons. The highest BCUT2D eigenvalue weighted by Crippen LogP contribution is 2.49. The topological polar surface area (TPSA) is 145 Å². The van der Waals surface area contributed by atoms with Crippen LogP contribution in [0.3, 0.4) is 0 Å². The van der Waals surface area contributed by atoms with Crippen molar-refractivity contribution in [3.63, 3.8) is 0 Å². The molecule has 3 saturated heterocycles. The monoisotopic (exact) mass is 672 g/mol. The Morgan fingerprint density at radius 3 is 2.20 bits per heavy atom. The van der Waals surface area contributed by atoms with Gasteiger partial charge in [-0.05, 0) is 18.9 Å². The minimum atomic E-state index is -6.11. The molecule has 1 aromatic rings. The molecular weight excluding hydrogens is 642 g/mol. The Bertz CT molecular complexity index is 1410. The van der Waals surface area contributed by atoms with Gasteiger partial charge in [-0.15, -0.1) is 0 Å². The maximum absolute atomic E-state index is 13.7. The molecule has 0 spiro atoms. The number of hydrogen-bond acceptors (Lipinski definition) is 11. The molecule has 19 heteroatoms. The van der Waals surface area contributed by atoms with Gasteiger partial charge in [-0.1, -0.05) is 18.3 Å². The lowest BCUT2D eigenvalue weighted by Gasteiger charge is -2.51. The normalized spacial score (nSPS) is 28.1. The molecule has 0 amide bonds. The average Bonchev–Trinajstić information content (AvgIpc) is 2.93. The van der Waals surface area contributed by atoms with Crippen LogP contribution in [-0.2, 0) is 20.4 Å². The second-order valence-electron chi connectivity index (χ2n) is 11.2. The molecule has 1 aliphatic carbocycles. The molecule has 2 bridgehead atoms. The van der Waals surface area contributed by atoms with E-state index >= 15 is 0 Å². The number of hydrogen-bond donors (Lipinski definition) is 3. The zero-order valence-corrected chi connectivity index (χ0v) is 24.6. The molecule has 3 aliphatic heterocycles. The first-order chi connectivity index (χ1) is 20.4. The van der Waals surface area contributed by atoms with Crippen molar-refractivity contribution in [1.29, 1.82) is 0 Å². The van der Waals surface area contributed by atoms with Crippen LogP contribution in [0.15, 0.2) is 35.1 Å². The summed E-state index contributed by atoms with van der Waals surface area (Å²) in [4.78, 5) is 11.2. The highest BCUT2D eigenvalue weighted by atomic mass is 32.2. The van der Waals surface area contributed by atoms with E-state index in [2.05, 4.69) is 14.9 Å². The van der Waals surface area contributed by atoms with Crippen LogP contribution in [0.4, 0.5) is 32.3 Å². The van der Waals surface area contributed by atoms with Gasteiger partial charge in [-0.25, -0.2) is 18.4 Å². The van der Waals surface area contributed by atoms with Gasteiger partial charge in [0.25, 0.3) is 5.60 Å². The number of rotatable bonds is 6. The number of nitrogens with two attached hydrogens (primary N) is 1. The summed E-state index contributed by atoms with van der Waals surface area (Å²) < 4.78 is 115. The van der Waals surface area contributed by atoms with Crippen LogP contribution in [0.2, 0.25) is 0 Å². The van der Waals surface area contributed by atoms with E-state index in [1.165, 1.54) is 15.3 Å². The third-order valence-electron chi connectivity index (χ3n) is 8.36. The van der Waals surface area contributed by atoms with Crippen molar-refractivity contribution in [3.8, 4) is 0 Å². The molecule has 4 aliphatic rings. The van der Waals surface area contributed by atoms with Gasteiger partial charge < -0.3 is 25.6 Å². The van der Waals surface area contributed by atoms with Gasteiger partial charge in [0.2, 0.25) is 16.0 Å². The molecule has 0 saturated carbocycles. The smallest absolute Gasteiger partial charge is 0.399 e. The maximum atomic E-state index is 13.7. The van der Waals surface area contributed by atoms with Crippen molar-refractivity contribution in [2.45, 2.75) is 61.4 Å². The Morgan fingerprint density at radius 1 is 1.05 bits per heavy atom.